The van der Waals surface area contributed by atoms with E-state index in [0.717, 1.165) is 9.87 Å². The van der Waals surface area contributed by atoms with Gasteiger partial charge >= 0.3 is 5.97 Å². The Labute approximate surface area is 225 Å². The second-order valence-electron chi connectivity index (χ2n) is 7.87. The lowest BCUT2D eigenvalue weighted by Gasteiger charge is -2.25. The summed E-state index contributed by atoms with van der Waals surface area (Å²) in [5.41, 5.74) is 3.94. The summed E-state index contributed by atoms with van der Waals surface area (Å²) in [6.45, 7) is 1.02. The monoisotopic (exact) mass is 559 g/mol. The van der Waals surface area contributed by atoms with Crippen molar-refractivity contribution < 1.29 is 32.2 Å². The van der Waals surface area contributed by atoms with Gasteiger partial charge in [-0.15, -0.1) is 0 Å². The van der Waals surface area contributed by atoms with Gasteiger partial charge in [0.2, 0.25) is 0 Å². The molecular formula is C26H26ClN3O7S. The number of ether oxygens (including phenoxy) is 3. The van der Waals surface area contributed by atoms with Gasteiger partial charge < -0.3 is 14.2 Å². The van der Waals surface area contributed by atoms with Crippen molar-refractivity contribution in [2.24, 2.45) is 5.10 Å². The minimum atomic E-state index is -4.18. The average Bonchev–Trinajstić information content (AvgIpc) is 2.91. The van der Waals surface area contributed by atoms with Gasteiger partial charge in [-0.05, 0) is 67.1 Å². The molecule has 0 spiro atoms. The Morgan fingerprint density at radius 3 is 2.34 bits per heavy atom. The number of hydrazone groups is 1. The second kappa shape index (κ2) is 12.9. The molecule has 12 heteroatoms. The molecule has 38 heavy (non-hydrogen) atoms. The molecule has 0 aliphatic carbocycles. The van der Waals surface area contributed by atoms with E-state index in [2.05, 4.69) is 15.3 Å². The summed E-state index contributed by atoms with van der Waals surface area (Å²) in [7, 11) is -1.52. The Morgan fingerprint density at radius 2 is 1.71 bits per heavy atom. The lowest BCUT2D eigenvalue weighted by atomic mass is 10.2. The van der Waals surface area contributed by atoms with Gasteiger partial charge in [-0.3, -0.25) is 9.10 Å². The zero-order chi connectivity index (χ0) is 27.7. The third-order valence-corrected chi connectivity index (χ3v) is 7.18. The summed E-state index contributed by atoms with van der Waals surface area (Å²) in [6.07, 6.45) is 1.38. The summed E-state index contributed by atoms with van der Waals surface area (Å²) >= 11 is 6.14. The lowest BCUT2D eigenvalue weighted by Crippen LogP contribution is -2.39. The number of aryl methyl sites for hydroxylation is 1. The fourth-order valence-corrected chi connectivity index (χ4v) is 4.78. The number of carbonyl (C=O) groups excluding carboxylic acids is 2. The van der Waals surface area contributed by atoms with Crippen molar-refractivity contribution in [3.05, 3.63) is 82.9 Å². The van der Waals surface area contributed by atoms with Crippen LogP contribution in [0.4, 0.5) is 5.69 Å². The van der Waals surface area contributed by atoms with Gasteiger partial charge in [0.15, 0.2) is 6.61 Å². The maximum Gasteiger partial charge on any atom is 0.343 e. The topological polar surface area (TPSA) is 124 Å². The highest BCUT2D eigenvalue weighted by atomic mass is 35.5. The van der Waals surface area contributed by atoms with Crippen LogP contribution in [-0.4, -0.2) is 53.9 Å². The predicted molar refractivity (Wildman–Crippen MR) is 143 cm³/mol. The van der Waals surface area contributed by atoms with E-state index < -0.39 is 28.4 Å². The summed E-state index contributed by atoms with van der Waals surface area (Å²) in [4.78, 5) is 24.0. The summed E-state index contributed by atoms with van der Waals surface area (Å²) in [5, 5.41) is 4.18. The van der Waals surface area contributed by atoms with Crippen molar-refractivity contribution in [1.29, 1.82) is 0 Å². The summed E-state index contributed by atoms with van der Waals surface area (Å²) in [5.74, 6) is -0.538. The van der Waals surface area contributed by atoms with E-state index in [9.17, 15) is 18.0 Å². The van der Waals surface area contributed by atoms with Crippen LogP contribution in [0, 0.1) is 6.92 Å². The molecule has 0 fully saturated rings. The fourth-order valence-electron chi connectivity index (χ4n) is 3.19. The molecule has 1 amide bonds. The highest BCUT2D eigenvalue weighted by Gasteiger charge is 2.29. The predicted octanol–water partition coefficient (Wildman–Crippen LogP) is 3.55. The van der Waals surface area contributed by atoms with Crippen LogP contribution >= 0.6 is 11.6 Å². The van der Waals surface area contributed by atoms with E-state index in [1.54, 1.807) is 42.5 Å². The van der Waals surface area contributed by atoms with Crippen LogP contribution in [-0.2, 0) is 24.3 Å². The standard InChI is InChI=1S/C26H26ClN3O7S/c1-18-4-11-22(12-5-18)38(33,34)30(23-14-20(27)8-13-24(23)35-2)16-25(31)29-28-15-19-6-9-21(10-7-19)37-17-26(32)36-3/h4-15H,16-17H2,1-3H3,(H,29,31)/b28-15+. The fraction of sp³-hybridized carbons (Fsp3) is 0.192. The third kappa shape index (κ3) is 7.46. The summed E-state index contributed by atoms with van der Waals surface area (Å²) in [6, 6.07) is 17.3. The van der Waals surface area contributed by atoms with Gasteiger partial charge in [-0.25, -0.2) is 18.6 Å². The molecule has 3 aromatic rings. The van der Waals surface area contributed by atoms with Gasteiger partial charge in [-0.2, -0.15) is 5.10 Å². The molecule has 0 bridgehead atoms. The number of esters is 1. The van der Waals surface area contributed by atoms with Gasteiger partial charge in [0, 0.05) is 5.02 Å². The Kier molecular flexibility index (Phi) is 9.69. The number of nitrogens with zero attached hydrogens (tertiary/aromatic N) is 2. The van der Waals surface area contributed by atoms with Crippen molar-refractivity contribution in [3.63, 3.8) is 0 Å². The molecule has 200 valence electrons. The average molecular weight is 560 g/mol. The smallest absolute Gasteiger partial charge is 0.343 e. The van der Waals surface area contributed by atoms with Crippen LogP contribution in [0.2, 0.25) is 5.02 Å². The van der Waals surface area contributed by atoms with Crippen LogP contribution in [0.25, 0.3) is 0 Å². The first-order valence-corrected chi connectivity index (χ1v) is 13.0. The number of nitrogens with one attached hydrogen (secondary N) is 1. The number of halogens is 1. The van der Waals surface area contributed by atoms with Crippen LogP contribution < -0.4 is 19.2 Å². The SMILES string of the molecule is COC(=O)COc1ccc(/C=N/NC(=O)CN(c2cc(Cl)ccc2OC)S(=O)(=O)c2ccc(C)cc2)cc1. The summed E-state index contributed by atoms with van der Waals surface area (Å²) < 4.78 is 43.2. The van der Waals surface area contributed by atoms with E-state index in [4.69, 9.17) is 21.1 Å². The Hall–Kier alpha value is -4.09. The normalized spacial score (nSPS) is 11.2. The zero-order valence-electron chi connectivity index (χ0n) is 20.9. The maximum atomic E-state index is 13.6. The molecular weight excluding hydrogens is 534 g/mol. The Morgan fingerprint density at radius 1 is 1.03 bits per heavy atom. The van der Waals surface area contributed by atoms with E-state index in [1.165, 1.54) is 44.7 Å². The van der Waals surface area contributed by atoms with Crippen molar-refractivity contribution in [3.8, 4) is 11.5 Å². The molecule has 10 nitrogen and oxygen atoms in total. The van der Waals surface area contributed by atoms with Crippen molar-refractivity contribution in [1.82, 2.24) is 5.43 Å². The van der Waals surface area contributed by atoms with E-state index >= 15 is 0 Å². The number of methoxy groups -OCH3 is 2. The van der Waals surface area contributed by atoms with E-state index in [1.807, 2.05) is 6.92 Å². The molecule has 0 atom stereocenters. The Bertz CT molecular complexity index is 1410. The zero-order valence-corrected chi connectivity index (χ0v) is 22.5. The third-order valence-electron chi connectivity index (χ3n) is 5.17. The quantitative estimate of drug-likeness (QED) is 0.216. The van der Waals surface area contributed by atoms with Gasteiger partial charge in [0.25, 0.3) is 15.9 Å². The molecule has 3 aromatic carbocycles. The van der Waals surface area contributed by atoms with Crippen molar-refractivity contribution in [2.45, 2.75) is 11.8 Å². The van der Waals surface area contributed by atoms with Gasteiger partial charge in [0.1, 0.15) is 18.0 Å². The molecule has 0 aromatic heterocycles. The van der Waals surface area contributed by atoms with Crippen LogP contribution in [0.15, 0.2) is 76.7 Å². The minimum absolute atomic E-state index is 0.00376. The van der Waals surface area contributed by atoms with Crippen molar-refractivity contribution >= 4 is 45.4 Å². The first-order valence-electron chi connectivity index (χ1n) is 11.2. The van der Waals surface area contributed by atoms with Gasteiger partial charge in [0.05, 0.1) is 31.0 Å². The molecule has 0 aliphatic heterocycles. The number of sulfonamides is 1. The van der Waals surface area contributed by atoms with Crippen LogP contribution in [0.5, 0.6) is 11.5 Å². The number of hydrogen-bond acceptors (Lipinski definition) is 8. The van der Waals surface area contributed by atoms with Crippen LogP contribution in [0.1, 0.15) is 11.1 Å². The number of carbonyl (C=O) groups is 2. The maximum absolute atomic E-state index is 13.6. The lowest BCUT2D eigenvalue weighted by molar-refractivity contribution is -0.142. The van der Waals surface area contributed by atoms with E-state index in [-0.39, 0.29) is 28.0 Å². The molecule has 0 aliphatic rings. The number of amides is 1. The number of hydrogen-bond donors (Lipinski definition) is 1. The first kappa shape index (κ1) is 28.5. The molecule has 1 N–H and O–H groups in total. The molecule has 0 heterocycles. The minimum Gasteiger partial charge on any atom is -0.495 e. The van der Waals surface area contributed by atoms with Gasteiger partial charge in [-0.1, -0.05) is 29.3 Å². The highest BCUT2D eigenvalue weighted by molar-refractivity contribution is 7.92. The largest absolute Gasteiger partial charge is 0.495 e. The first-order chi connectivity index (χ1) is 18.1. The second-order valence-corrected chi connectivity index (χ2v) is 10.2. The number of benzene rings is 3. The molecule has 0 saturated carbocycles. The number of anilines is 1. The highest BCUT2D eigenvalue weighted by Crippen LogP contribution is 2.34. The molecule has 0 unspecified atom stereocenters. The van der Waals surface area contributed by atoms with Crippen molar-refractivity contribution in [2.75, 3.05) is 31.7 Å². The van der Waals surface area contributed by atoms with E-state index in [0.29, 0.717) is 11.3 Å². The molecule has 0 radical (unpaired) electrons. The Balaban J connectivity index is 1.78. The number of rotatable bonds is 11. The van der Waals surface area contributed by atoms with Crippen LogP contribution in [0.3, 0.4) is 0 Å². The molecule has 0 saturated heterocycles. The molecule has 3 rings (SSSR count).